The van der Waals surface area contributed by atoms with Crippen LogP contribution < -0.4 is 11.1 Å². The van der Waals surface area contributed by atoms with E-state index in [0.29, 0.717) is 12.1 Å². The molecule has 3 nitrogen and oxygen atoms in total. The van der Waals surface area contributed by atoms with Crippen LogP contribution in [-0.4, -0.2) is 19.3 Å². The molecule has 1 aromatic carbocycles. The summed E-state index contributed by atoms with van der Waals surface area (Å²) in [7, 11) is 1.77. The average molecular weight is 318 g/mol. The summed E-state index contributed by atoms with van der Waals surface area (Å²) < 4.78 is 6.42. The van der Waals surface area contributed by atoms with Gasteiger partial charge in [0, 0.05) is 28.1 Å². The van der Waals surface area contributed by atoms with Crippen molar-refractivity contribution in [3.05, 3.63) is 21.8 Å². The average Bonchev–Trinajstić information content (AvgIpc) is 2.13. The number of hydrogen-bond acceptors (Lipinski definition) is 3. The van der Waals surface area contributed by atoms with Gasteiger partial charge in [0.05, 0.1) is 6.10 Å². The molecular formula is C11H15IN2O. The van der Waals surface area contributed by atoms with Crippen LogP contribution in [0.3, 0.4) is 0 Å². The molecule has 0 bridgehead atoms. The molecule has 0 heterocycles. The van der Waals surface area contributed by atoms with Crippen molar-refractivity contribution < 1.29 is 4.74 Å². The van der Waals surface area contributed by atoms with Crippen LogP contribution in [0.2, 0.25) is 0 Å². The predicted molar refractivity (Wildman–Crippen MR) is 71.0 cm³/mol. The lowest BCUT2D eigenvalue weighted by Gasteiger charge is -2.35. The van der Waals surface area contributed by atoms with E-state index in [9.17, 15) is 0 Å². The number of ether oxygens (including phenoxy) is 1. The minimum absolute atomic E-state index is 0.439. The Labute approximate surface area is 104 Å². The maximum atomic E-state index is 5.70. The second kappa shape index (κ2) is 4.57. The molecular weight excluding hydrogens is 303 g/mol. The number of hydrogen-bond donors (Lipinski definition) is 2. The van der Waals surface area contributed by atoms with E-state index in [2.05, 4.69) is 27.9 Å². The first-order valence-electron chi connectivity index (χ1n) is 5.03. The van der Waals surface area contributed by atoms with Gasteiger partial charge < -0.3 is 15.8 Å². The third-order valence-electron chi connectivity index (χ3n) is 2.78. The second-order valence-corrected chi connectivity index (χ2v) is 5.07. The van der Waals surface area contributed by atoms with Crippen LogP contribution in [-0.2, 0) is 4.74 Å². The first kappa shape index (κ1) is 11.0. The second-order valence-electron chi connectivity index (χ2n) is 3.91. The van der Waals surface area contributed by atoms with Gasteiger partial charge in [0.2, 0.25) is 0 Å². The summed E-state index contributed by atoms with van der Waals surface area (Å²) in [6.45, 7) is 0. The van der Waals surface area contributed by atoms with Crippen molar-refractivity contribution in [3.63, 3.8) is 0 Å². The largest absolute Gasteiger partial charge is 0.399 e. The third-order valence-corrected chi connectivity index (χ3v) is 3.67. The van der Waals surface area contributed by atoms with Crippen molar-refractivity contribution in [1.29, 1.82) is 0 Å². The molecule has 0 spiro atoms. The van der Waals surface area contributed by atoms with Gasteiger partial charge in [-0.3, -0.25) is 0 Å². The zero-order valence-corrected chi connectivity index (χ0v) is 10.8. The highest BCUT2D eigenvalue weighted by Gasteiger charge is 2.28. The van der Waals surface area contributed by atoms with E-state index >= 15 is 0 Å². The molecule has 15 heavy (non-hydrogen) atoms. The van der Waals surface area contributed by atoms with Crippen molar-refractivity contribution in [1.82, 2.24) is 0 Å². The van der Waals surface area contributed by atoms with E-state index in [1.54, 1.807) is 7.11 Å². The van der Waals surface area contributed by atoms with Gasteiger partial charge in [-0.2, -0.15) is 0 Å². The number of rotatable bonds is 3. The molecule has 1 aliphatic carbocycles. The van der Waals surface area contributed by atoms with Crippen molar-refractivity contribution in [2.45, 2.75) is 25.0 Å². The molecule has 4 heteroatoms. The summed E-state index contributed by atoms with van der Waals surface area (Å²) in [5, 5.41) is 3.50. The monoisotopic (exact) mass is 318 g/mol. The van der Waals surface area contributed by atoms with Crippen molar-refractivity contribution >= 4 is 34.0 Å². The lowest BCUT2D eigenvalue weighted by atomic mass is 9.89. The molecule has 0 amide bonds. The van der Waals surface area contributed by atoms with Crippen molar-refractivity contribution in [2.75, 3.05) is 18.2 Å². The Hall–Kier alpha value is -0.490. The summed E-state index contributed by atoms with van der Waals surface area (Å²) >= 11 is 2.30. The molecule has 1 saturated carbocycles. The molecule has 0 aromatic heterocycles. The molecule has 2 rings (SSSR count). The van der Waals surface area contributed by atoms with E-state index in [1.165, 1.54) is 9.26 Å². The number of halogens is 1. The van der Waals surface area contributed by atoms with Gasteiger partial charge in [-0.25, -0.2) is 0 Å². The Kier molecular flexibility index (Phi) is 3.35. The Balaban J connectivity index is 1.94. The minimum Gasteiger partial charge on any atom is -0.399 e. The summed E-state index contributed by atoms with van der Waals surface area (Å²) in [5.74, 6) is 0. The standard InChI is InChI=1S/C11H15IN2O/c1-15-9-5-8(6-9)14-11-3-2-7(13)4-10(11)12/h2-4,8-9,14H,5-6,13H2,1H3. The Bertz CT molecular complexity index is 350. The zero-order valence-electron chi connectivity index (χ0n) is 8.66. The minimum atomic E-state index is 0.439. The van der Waals surface area contributed by atoms with Gasteiger partial charge in [0.25, 0.3) is 0 Å². The lowest BCUT2D eigenvalue weighted by Crippen LogP contribution is -2.40. The van der Waals surface area contributed by atoms with Crippen LogP contribution in [0.4, 0.5) is 11.4 Å². The molecule has 0 unspecified atom stereocenters. The number of benzene rings is 1. The topological polar surface area (TPSA) is 47.3 Å². The van der Waals surface area contributed by atoms with Gasteiger partial charge in [0.1, 0.15) is 0 Å². The quantitative estimate of drug-likeness (QED) is 0.665. The molecule has 0 radical (unpaired) electrons. The summed E-state index contributed by atoms with van der Waals surface area (Å²) in [5.41, 5.74) is 7.68. The molecule has 3 N–H and O–H groups in total. The third kappa shape index (κ3) is 2.55. The fourth-order valence-electron chi connectivity index (χ4n) is 1.74. The smallest absolute Gasteiger partial charge is 0.0610 e. The van der Waals surface area contributed by atoms with Gasteiger partial charge in [-0.05, 0) is 53.6 Å². The van der Waals surface area contributed by atoms with Crippen molar-refractivity contribution in [2.24, 2.45) is 0 Å². The maximum Gasteiger partial charge on any atom is 0.0610 e. The molecule has 1 aromatic rings. The number of nitrogens with two attached hydrogens (primary N) is 1. The van der Waals surface area contributed by atoms with E-state index in [0.717, 1.165) is 18.5 Å². The van der Waals surface area contributed by atoms with Crippen LogP contribution in [0, 0.1) is 3.57 Å². The highest BCUT2D eigenvalue weighted by Crippen LogP contribution is 2.29. The van der Waals surface area contributed by atoms with Crippen molar-refractivity contribution in [3.8, 4) is 0 Å². The van der Waals surface area contributed by atoms with Gasteiger partial charge in [-0.15, -0.1) is 0 Å². The Morgan fingerprint density at radius 2 is 2.20 bits per heavy atom. The van der Waals surface area contributed by atoms with Gasteiger partial charge in [-0.1, -0.05) is 0 Å². The Morgan fingerprint density at radius 1 is 1.47 bits per heavy atom. The van der Waals surface area contributed by atoms with Crippen LogP contribution in [0.5, 0.6) is 0 Å². The number of nitrogens with one attached hydrogen (secondary N) is 1. The van der Waals surface area contributed by atoms with Crippen LogP contribution in [0.25, 0.3) is 0 Å². The van der Waals surface area contributed by atoms with Crippen LogP contribution in [0.15, 0.2) is 18.2 Å². The maximum absolute atomic E-state index is 5.70. The zero-order chi connectivity index (χ0) is 10.8. The summed E-state index contributed by atoms with van der Waals surface area (Å²) in [4.78, 5) is 0. The highest BCUT2D eigenvalue weighted by molar-refractivity contribution is 14.1. The van der Waals surface area contributed by atoms with Gasteiger partial charge >= 0.3 is 0 Å². The molecule has 82 valence electrons. The molecule has 1 fully saturated rings. The van der Waals surface area contributed by atoms with Crippen LogP contribution >= 0.6 is 22.6 Å². The summed E-state index contributed by atoms with van der Waals surface area (Å²) in [6, 6.07) is 6.50. The highest BCUT2D eigenvalue weighted by atomic mass is 127. The normalized spacial score (nSPS) is 24.7. The van der Waals surface area contributed by atoms with Crippen LogP contribution in [0.1, 0.15) is 12.8 Å². The first-order chi connectivity index (χ1) is 7.19. The SMILES string of the molecule is COC1CC(Nc2ccc(N)cc2I)C1. The van der Waals surface area contributed by atoms with E-state index < -0.39 is 0 Å². The fourth-order valence-corrected chi connectivity index (χ4v) is 2.44. The van der Waals surface area contributed by atoms with E-state index in [4.69, 9.17) is 10.5 Å². The predicted octanol–water partition coefficient (Wildman–Crippen LogP) is 2.46. The Morgan fingerprint density at radius 3 is 2.80 bits per heavy atom. The molecule has 0 atom stereocenters. The molecule has 0 aliphatic heterocycles. The number of methoxy groups -OCH3 is 1. The molecule has 1 aliphatic rings. The molecule has 0 saturated heterocycles. The number of nitrogen functional groups attached to an aromatic ring is 1. The summed E-state index contributed by atoms with van der Waals surface area (Å²) in [6.07, 6.45) is 2.63. The van der Waals surface area contributed by atoms with E-state index in [-0.39, 0.29) is 0 Å². The fraction of sp³-hybridized carbons (Fsp3) is 0.455. The first-order valence-corrected chi connectivity index (χ1v) is 6.11. The lowest BCUT2D eigenvalue weighted by molar-refractivity contribution is 0.0328. The van der Waals surface area contributed by atoms with Gasteiger partial charge in [0.15, 0.2) is 0 Å². The number of anilines is 2. The van der Waals surface area contributed by atoms with E-state index in [1.807, 2.05) is 18.2 Å².